The Morgan fingerprint density at radius 2 is 1.90 bits per heavy atom. The highest BCUT2D eigenvalue weighted by molar-refractivity contribution is 5.88. The molecule has 41 heavy (non-hydrogen) atoms. The van der Waals surface area contributed by atoms with Crippen LogP contribution in [0.3, 0.4) is 0 Å². The summed E-state index contributed by atoms with van der Waals surface area (Å²) >= 11 is 0. The molecular weight excluding hydrogens is 539 g/mol. The summed E-state index contributed by atoms with van der Waals surface area (Å²) in [6.07, 6.45) is 5.19. The van der Waals surface area contributed by atoms with E-state index in [1.165, 1.54) is 14.0 Å². The lowest BCUT2D eigenvalue weighted by atomic mass is 10.0. The summed E-state index contributed by atoms with van der Waals surface area (Å²) in [5, 5.41) is 15.3. The van der Waals surface area contributed by atoms with Gasteiger partial charge in [0, 0.05) is 52.6 Å². The average molecular weight is 586 g/mol. The minimum atomic E-state index is -4.41. The second-order valence-electron chi connectivity index (χ2n) is 9.49. The number of hydrogen-bond donors (Lipinski definition) is 3. The van der Waals surface area contributed by atoms with Crippen molar-refractivity contribution in [3.05, 3.63) is 18.0 Å². The predicted octanol–water partition coefficient (Wildman–Crippen LogP) is 4.68. The van der Waals surface area contributed by atoms with Crippen molar-refractivity contribution in [2.24, 2.45) is 5.92 Å². The molecule has 2 atom stereocenters. The van der Waals surface area contributed by atoms with Gasteiger partial charge in [-0.3, -0.25) is 14.4 Å². The van der Waals surface area contributed by atoms with Gasteiger partial charge in [0.2, 0.25) is 23.7 Å². The highest BCUT2D eigenvalue weighted by atomic mass is 19.4. The minimum Gasteiger partial charge on any atom is -0.357 e. The maximum atomic E-state index is 12.3. The lowest BCUT2D eigenvalue weighted by molar-refractivity contribution is -0.141. The number of nitrogens with zero attached hydrogens (tertiary/aromatic N) is 4. The third-order valence-electron chi connectivity index (χ3n) is 6.13. The number of rotatable bonds is 9. The van der Waals surface area contributed by atoms with Crippen molar-refractivity contribution < 1.29 is 27.6 Å². The molecule has 3 rings (SSSR count). The van der Waals surface area contributed by atoms with Gasteiger partial charge >= 0.3 is 6.18 Å². The molecule has 0 bridgehead atoms. The van der Waals surface area contributed by atoms with E-state index in [1.807, 2.05) is 11.8 Å². The quantitative estimate of drug-likeness (QED) is 0.358. The molecule has 0 aliphatic carbocycles. The van der Waals surface area contributed by atoms with Crippen LogP contribution in [-0.2, 0) is 20.6 Å². The average Bonchev–Trinajstić information content (AvgIpc) is 3.59. The SMILES string of the molecule is CC#N.CCCCCC(=O)N1C[C@H](CCC)CC1C(=O)NCC.CNc1nccc(C(F)(F)F)n1.O=C1CCCN1. The number of hydrogen-bond acceptors (Lipinski definition) is 7. The first-order valence-electron chi connectivity index (χ1n) is 14.2. The van der Waals surface area contributed by atoms with E-state index < -0.39 is 11.9 Å². The summed E-state index contributed by atoms with van der Waals surface area (Å²) in [4.78, 5) is 43.2. The van der Waals surface area contributed by atoms with E-state index in [0.717, 1.165) is 76.7 Å². The number of aromatic nitrogens is 2. The van der Waals surface area contributed by atoms with Gasteiger partial charge in [-0.2, -0.15) is 18.4 Å². The highest BCUT2D eigenvalue weighted by Crippen LogP contribution is 2.28. The molecule has 1 aromatic rings. The first kappa shape index (κ1) is 37.6. The monoisotopic (exact) mass is 585 g/mol. The molecule has 0 radical (unpaired) electrons. The molecule has 0 aromatic carbocycles. The van der Waals surface area contributed by atoms with Gasteiger partial charge < -0.3 is 20.9 Å². The van der Waals surface area contributed by atoms with Gasteiger partial charge in [0.25, 0.3) is 0 Å². The summed E-state index contributed by atoms with van der Waals surface area (Å²) in [6, 6.07) is 2.33. The Labute approximate surface area is 241 Å². The molecular formula is C28H46F3N7O3. The largest absolute Gasteiger partial charge is 0.433 e. The maximum absolute atomic E-state index is 12.3. The number of carbonyl (C=O) groups is 3. The van der Waals surface area contributed by atoms with Crippen molar-refractivity contribution in [2.75, 3.05) is 32.0 Å². The second-order valence-corrected chi connectivity index (χ2v) is 9.49. The van der Waals surface area contributed by atoms with Crippen molar-refractivity contribution in [1.82, 2.24) is 25.5 Å². The van der Waals surface area contributed by atoms with E-state index >= 15 is 0 Å². The molecule has 3 heterocycles. The number of alkyl halides is 3. The molecule has 0 spiro atoms. The topological polar surface area (TPSA) is 140 Å². The number of nitriles is 1. The van der Waals surface area contributed by atoms with Crippen LogP contribution in [-0.4, -0.2) is 65.3 Å². The molecule has 13 heteroatoms. The van der Waals surface area contributed by atoms with Gasteiger partial charge in [-0.25, -0.2) is 9.97 Å². The Morgan fingerprint density at radius 1 is 1.22 bits per heavy atom. The fourth-order valence-corrected chi connectivity index (χ4v) is 4.23. The predicted molar refractivity (Wildman–Crippen MR) is 151 cm³/mol. The van der Waals surface area contributed by atoms with Gasteiger partial charge in [0.1, 0.15) is 11.7 Å². The number of halogens is 3. The van der Waals surface area contributed by atoms with Crippen molar-refractivity contribution in [3.8, 4) is 6.07 Å². The number of anilines is 1. The van der Waals surface area contributed by atoms with Crippen LogP contribution in [0, 0.1) is 17.2 Å². The Morgan fingerprint density at radius 3 is 2.37 bits per heavy atom. The fourth-order valence-electron chi connectivity index (χ4n) is 4.23. The van der Waals surface area contributed by atoms with Crippen LogP contribution in [0.1, 0.15) is 91.2 Å². The normalized spacial score (nSPS) is 17.3. The molecule has 2 fully saturated rings. The summed E-state index contributed by atoms with van der Waals surface area (Å²) in [5.74, 6) is 0.839. The zero-order valence-electron chi connectivity index (χ0n) is 24.9. The van der Waals surface area contributed by atoms with Gasteiger partial charge in [0.15, 0.2) is 0 Å². The maximum Gasteiger partial charge on any atom is 0.433 e. The first-order valence-corrected chi connectivity index (χ1v) is 14.2. The fraction of sp³-hybridized carbons (Fsp3) is 0.714. The van der Waals surface area contributed by atoms with Crippen molar-refractivity contribution in [1.29, 1.82) is 5.26 Å². The van der Waals surface area contributed by atoms with Gasteiger partial charge in [0.05, 0.1) is 6.07 Å². The van der Waals surface area contributed by atoms with Gasteiger partial charge in [-0.05, 0) is 44.6 Å². The van der Waals surface area contributed by atoms with E-state index in [4.69, 9.17) is 5.26 Å². The second kappa shape index (κ2) is 21.3. The first-order chi connectivity index (χ1) is 19.5. The number of unbranched alkanes of at least 4 members (excludes halogenated alkanes) is 2. The van der Waals surface area contributed by atoms with Crippen LogP contribution in [0.5, 0.6) is 0 Å². The van der Waals surface area contributed by atoms with E-state index in [1.54, 1.807) is 6.07 Å². The molecule has 3 N–H and O–H groups in total. The summed E-state index contributed by atoms with van der Waals surface area (Å²) < 4.78 is 36.0. The molecule has 2 aliphatic heterocycles. The van der Waals surface area contributed by atoms with Crippen molar-refractivity contribution in [2.45, 2.75) is 97.7 Å². The van der Waals surface area contributed by atoms with E-state index in [9.17, 15) is 27.6 Å². The van der Waals surface area contributed by atoms with Crippen LogP contribution in [0.25, 0.3) is 0 Å². The number of carbonyl (C=O) groups excluding carboxylic acids is 3. The van der Waals surface area contributed by atoms with E-state index in [2.05, 4.69) is 39.8 Å². The molecule has 0 saturated carbocycles. The van der Waals surface area contributed by atoms with Crippen LogP contribution < -0.4 is 16.0 Å². The van der Waals surface area contributed by atoms with E-state index in [0.29, 0.717) is 18.9 Å². The van der Waals surface area contributed by atoms with Gasteiger partial charge in [-0.15, -0.1) is 0 Å². The zero-order chi connectivity index (χ0) is 31.3. The lowest BCUT2D eigenvalue weighted by Gasteiger charge is -2.23. The lowest BCUT2D eigenvalue weighted by Crippen LogP contribution is -2.45. The molecule has 1 aromatic heterocycles. The smallest absolute Gasteiger partial charge is 0.357 e. The molecule has 10 nitrogen and oxygen atoms in total. The number of likely N-dealkylation sites (N-methyl/N-ethyl adjacent to an activating group) is 1. The highest BCUT2D eigenvalue weighted by Gasteiger charge is 2.38. The molecule has 232 valence electrons. The third kappa shape index (κ3) is 15.8. The number of amides is 3. The van der Waals surface area contributed by atoms with E-state index in [-0.39, 0.29) is 29.7 Å². The van der Waals surface area contributed by atoms with Crippen LogP contribution >= 0.6 is 0 Å². The summed E-state index contributed by atoms with van der Waals surface area (Å²) in [7, 11) is 1.45. The van der Waals surface area contributed by atoms with Crippen LogP contribution in [0.15, 0.2) is 12.3 Å². The molecule has 1 unspecified atom stereocenters. The van der Waals surface area contributed by atoms with Crippen LogP contribution in [0.2, 0.25) is 0 Å². The van der Waals surface area contributed by atoms with Gasteiger partial charge in [-0.1, -0.05) is 33.1 Å². The number of likely N-dealkylation sites (tertiary alicyclic amines) is 1. The standard InChI is InChI=1S/C16H30N2O2.C6H6F3N3.C4H7NO.C2H3N/c1-4-7-8-10-15(19)18-12-13(9-5-2)11-14(18)16(20)17-6-3;1-10-5-11-3-2-4(12-5)6(7,8)9;6-4-2-1-3-5-4;1-2-3/h13-14H,4-12H2,1-3H3,(H,17,20);2-3H,1H3,(H,10,11,12);1-3H2,(H,5,6);1H3/t13-,14?;;;/m1.../s1. The van der Waals surface area contributed by atoms with Crippen LogP contribution in [0.4, 0.5) is 19.1 Å². The van der Waals surface area contributed by atoms with Crippen molar-refractivity contribution in [3.63, 3.8) is 0 Å². The minimum absolute atomic E-state index is 0.0231. The third-order valence-corrected chi connectivity index (χ3v) is 6.13. The van der Waals surface area contributed by atoms with Crippen molar-refractivity contribution >= 4 is 23.7 Å². The Kier molecular flexibility index (Phi) is 19.5. The number of nitrogens with one attached hydrogen (secondary N) is 3. The Hall–Kier alpha value is -3.43. The summed E-state index contributed by atoms with van der Waals surface area (Å²) in [6.45, 7) is 9.93. The molecule has 3 amide bonds. The zero-order valence-corrected chi connectivity index (χ0v) is 24.9. The molecule has 2 aliphatic rings. The Balaban J connectivity index is 0.000000636. The molecule has 2 saturated heterocycles. The Bertz CT molecular complexity index is 947. The summed E-state index contributed by atoms with van der Waals surface area (Å²) in [5.41, 5.74) is -0.943.